The summed E-state index contributed by atoms with van der Waals surface area (Å²) in [5.41, 5.74) is 1.33. The van der Waals surface area contributed by atoms with Crippen molar-refractivity contribution in [1.29, 1.82) is 0 Å². The van der Waals surface area contributed by atoms with Gasteiger partial charge in [-0.3, -0.25) is 4.79 Å². The van der Waals surface area contributed by atoms with E-state index in [9.17, 15) is 4.79 Å². The van der Waals surface area contributed by atoms with Crippen LogP contribution < -0.4 is 5.32 Å². The van der Waals surface area contributed by atoms with E-state index in [1.807, 2.05) is 18.2 Å². The number of hydrogen-bond donors (Lipinski definition) is 1. The normalized spacial score (nSPS) is 25.3. The summed E-state index contributed by atoms with van der Waals surface area (Å²) in [6.45, 7) is 1.57. The van der Waals surface area contributed by atoms with Crippen molar-refractivity contribution >= 4 is 5.91 Å². The minimum atomic E-state index is 0.0726. The van der Waals surface area contributed by atoms with Crippen LogP contribution in [0.2, 0.25) is 0 Å². The fourth-order valence-corrected chi connectivity index (χ4v) is 1.68. The van der Waals surface area contributed by atoms with Crippen LogP contribution in [0.25, 0.3) is 0 Å². The van der Waals surface area contributed by atoms with Gasteiger partial charge in [0.15, 0.2) is 0 Å². The van der Waals surface area contributed by atoms with E-state index in [4.69, 9.17) is 0 Å². The van der Waals surface area contributed by atoms with Gasteiger partial charge in [-0.2, -0.15) is 0 Å². The zero-order valence-corrected chi connectivity index (χ0v) is 7.66. The molecule has 1 aliphatic rings. The van der Waals surface area contributed by atoms with Crippen molar-refractivity contribution in [2.75, 3.05) is 0 Å². The predicted molar refractivity (Wildman–Crippen MR) is 51.4 cm³/mol. The Hall–Kier alpha value is -1.31. The van der Waals surface area contributed by atoms with Gasteiger partial charge in [-0.25, -0.2) is 0 Å². The molecule has 0 bridgehead atoms. The third-order valence-corrected chi connectivity index (χ3v) is 2.41. The molecule has 0 spiro atoms. The lowest BCUT2D eigenvalue weighted by molar-refractivity contribution is -0.119. The summed E-state index contributed by atoms with van der Waals surface area (Å²) >= 11 is 0. The average molecular weight is 175 g/mol. The van der Waals surface area contributed by atoms with Gasteiger partial charge in [0.25, 0.3) is 0 Å². The third-order valence-electron chi connectivity index (χ3n) is 2.41. The number of benzene rings is 1. The molecule has 2 nitrogen and oxygen atoms in total. The average Bonchev–Trinajstić information content (AvgIpc) is 2.84. The number of amides is 1. The fourth-order valence-electron chi connectivity index (χ4n) is 1.68. The minimum absolute atomic E-state index is 0.0726. The molecule has 1 aliphatic carbocycles. The molecule has 0 saturated heterocycles. The second-order valence-electron chi connectivity index (χ2n) is 3.56. The van der Waals surface area contributed by atoms with Gasteiger partial charge in [0.2, 0.25) is 5.91 Å². The maximum absolute atomic E-state index is 10.8. The van der Waals surface area contributed by atoms with Crippen molar-refractivity contribution in [2.45, 2.75) is 25.3 Å². The van der Waals surface area contributed by atoms with Crippen LogP contribution in [0.5, 0.6) is 0 Å². The second-order valence-corrected chi connectivity index (χ2v) is 3.56. The van der Waals surface area contributed by atoms with Crippen molar-refractivity contribution in [3.8, 4) is 0 Å². The standard InChI is InChI=1S/C11H13NO/c1-8(13)12-11-7-10(11)9-5-3-2-4-6-9/h2-6,10-11H,7H2,1H3,(H,12,13)/t10-,11+/m0/s1. The Kier molecular flexibility index (Phi) is 2.05. The monoisotopic (exact) mass is 175 g/mol. The molecule has 2 heteroatoms. The Morgan fingerprint density at radius 3 is 2.69 bits per heavy atom. The molecule has 1 amide bonds. The van der Waals surface area contributed by atoms with Crippen LogP contribution in [-0.2, 0) is 4.79 Å². The van der Waals surface area contributed by atoms with Crippen molar-refractivity contribution in [3.05, 3.63) is 35.9 Å². The number of nitrogens with one attached hydrogen (secondary N) is 1. The van der Waals surface area contributed by atoms with Crippen molar-refractivity contribution in [1.82, 2.24) is 5.32 Å². The molecule has 0 unspecified atom stereocenters. The maximum atomic E-state index is 10.8. The zero-order valence-electron chi connectivity index (χ0n) is 7.66. The van der Waals surface area contributed by atoms with Crippen molar-refractivity contribution in [2.24, 2.45) is 0 Å². The molecule has 1 aromatic rings. The number of rotatable bonds is 2. The van der Waals surface area contributed by atoms with Gasteiger partial charge in [-0.05, 0) is 12.0 Å². The molecule has 0 radical (unpaired) electrons. The molecule has 1 fully saturated rings. The molecular formula is C11H13NO. The first-order valence-corrected chi connectivity index (χ1v) is 4.59. The van der Waals surface area contributed by atoms with Crippen LogP contribution >= 0.6 is 0 Å². The van der Waals surface area contributed by atoms with E-state index >= 15 is 0 Å². The molecule has 13 heavy (non-hydrogen) atoms. The lowest BCUT2D eigenvalue weighted by atomic mass is 10.1. The first kappa shape index (κ1) is 8.30. The Morgan fingerprint density at radius 2 is 2.08 bits per heavy atom. The van der Waals surface area contributed by atoms with E-state index < -0.39 is 0 Å². The molecule has 68 valence electrons. The Balaban J connectivity index is 1.97. The zero-order chi connectivity index (χ0) is 9.26. The molecule has 1 N–H and O–H groups in total. The quantitative estimate of drug-likeness (QED) is 0.728. The van der Waals surface area contributed by atoms with Gasteiger partial charge in [-0.15, -0.1) is 0 Å². The number of carbonyl (C=O) groups excluding carboxylic acids is 1. The summed E-state index contributed by atoms with van der Waals surface area (Å²) in [4.78, 5) is 10.8. The van der Waals surface area contributed by atoms with Crippen molar-refractivity contribution in [3.63, 3.8) is 0 Å². The SMILES string of the molecule is CC(=O)N[C@@H]1C[C@H]1c1ccccc1. The molecule has 1 saturated carbocycles. The maximum Gasteiger partial charge on any atom is 0.217 e. The van der Waals surface area contributed by atoms with Crippen LogP contribution in [-0.4, -0.2) is 11.9 Å². The van der Waals surface area contributed by atoms with E-state index in [0.717, 1.165) is 6.42 Å². The fraction of sp³-hybridized carbons (Fsp3) is 0.364. The van der Waals surface area contributed by atoms with E-state index in [2.05, 4.69) is 17.4 Å². The van der Waals surface area contributed by atoms with Gasteiger partial charge < -0.3 is 5.32 Å². The molecule has 2 rings (SSSR count). The van der Waals surface area contributed by atoms with E-state index in [1.165, 1.54) is 5.56 Å². The highest BCUT2D eigenvalue weighted by molar-refractivity contribution is 5.73. The van der Waals surface area contributed by atoms with Gasteiger partial charge in [0, 0.05) is 18.9 Å². The van der Waals surface area contributed by atoms with Crippen LogP contribution in [0, 0.1) is 0 Å². The Bertz CT molecular complexity index is 307. The molecule has 0 aromatic heterocycles. The largest absolute Gasteiger partial charge is 0.353 e. The summed E-state index contributed by atoms with van der Waals surface area (Å²) in [5.74, 6) is 0.619. The van der Waals surface area contributed by atoms with Gasteiger partial charge in [0.1, 0.15) is 0 Å². The van der Waals surface area contributed by atoms with Gasteiger partial charge >= 0.3 is 0 Å². The molecule has 1 aromatic carbocycles. The summed E-state index contributed by atoms with van der Waals surface area (Å²) in [6, 6.07) is 10.7. The molecule has 2 atom stereocenters. The molecule has 0 aliphatic heterocycles. The highest BCUT2D eigenvalue weighted by Crippen LogP contribution is 2.40. The van der Waals surface area contributed by atoms with E-state index in [-0.39, 0.29) is 5.91 Å². The van der Waals surface area contributed by atoms with Crippen molar-refractivity contribution < 1.29 is 4.79 Å². The lowest BCUT2D eigenvalue weighted by Crippen LogP contribution is -2.23. The number of carbonyl (C=O) groups is 1. The van der Waals surface area contributed by atoms with Gasteiger partial charge in [-0.1, -0.05) is 30.3 Å². The first-order chi connectivity index (χ1) is 6.27. The van der Waals surface area contributed by atoms with Crippen LogP contribution in [0.4, 0.5) is 0 Å². The van der Waals surface area contributed by atoms with E-state index in [0.29, 0.717) is 12.0 Å². The van der Waals surface area contributed by atoms with Crippen LogP contribution in [0.15, 0.2) is 30.3 Å². The summed E-state index contributed by atoms with van der Waals surface area (Å²) in [5, 5.41) is 2.93. The highest BCUT2D eigenvalue weighted by atomic mass is 16.1. The molecular weight excluding hydrogens is 162 g/mol. The lowest BCUT2D eigenvalue weighted by Gasteiger charge is -2.00. The summed E-state index contributed by atoms with van der Waals surface area (Å²) in [6.07, 6.45) is 1.09. The second kappa shape index (κ2) is 3.21. The minimum Gasteiger partial charge on any atom is -0.353 e. The smallest absolute Gasteiger partial charge is 0.217 e. The Labute approximate surface area is 78.0 Å². The Morgan fingerprint density at radius 1 is 1.38 bits per heavy atom. The van der Waals surface area contributed by atoms with E-state index in [1.54, 1.807) is 6.92 Å². The topological polar surface area (TPSA) is 29.1 Å². The summed E-state index contributed by atoms with van der Waals surface area (Å²) < 4.78 is 0. The van der Waals surface area contributed by atoms with Crippen LogP contribution in [0.3, 0.4) is 0 Å². The third kappa shape index (κ3) is 1.89. The molecule has 0 heterocycles. The highest BCUT2D eigenvalue weighted by Gasteiger charge is 2.38. The predicted octanol–water partition coefficient (Wildman–Crippen LogP) is 1.68. The summed E-state index contributed by atoms with van der Waals surface area (Å²) in [7, 11) is 0. The van der Waals surface area contributed by atoms with Crippen LogP contribution in [0.1, 0.15) is 24.8 Å². The first-order valence-electron chi connectivity index (χ1n) is 4.59. The number of hydrogen-bond acceptors (Lipinski definition) is 1. The van der Waals surface area contributed by atoms with Gasteiger partial charge in [0.05, 0.1) is 0 Å².